The molecule has 3 heteroatoms. The average molecular weight is 234 g/mol. The van der Waals surface area contributed by atoms with Crippen LogP contribution in [0.25, 0.3) is 10.9 Å². The summed E-state index contributed by atoms with van der Waals surface area (Å²) in [6, 6.07) is 5.84. The largest absolute Gasteiger partial charge is 0.350 e. The molecule has 0 aliphatic heterocycles. The SMILES string of the molecule is Cn1cc(C2(C=O)CC2)c2ccc(Cl)cc21. The highest BCUT2D eigenvalue weighted by molar-refractivity contribution is 6.31. The Morgan fingerprint density at radius 1 is 1.44 bits per heavy atom. The Bertz CT molecular complexity index is 581. The van der Waals surface area contributed by atoms with Gasteiger partial charge in [0.15, 0.2) is 0 Å². The summed E-state index contributed by atoms with van der Waals surface area (Å²) in [5, 5.41) is 1.88. The molecule has 1 aliphatic carbocycles. The lowest BCUT2D eigenvalue weighted by Crippen LogP contribution is -2.06. The molecule has 1 aromatic carbocycles. The van der Waals surface area contributed by atoms with Gasteiger partial charge in [0.25, 0.3) is 0 Å². The Morgan fingerprint density at radius 3 is 2.81 bits per heavy atom. The molecule has 2 aromatic rings. The number of nitrogens with zero attached hydrogens (tertiary/aromatic N) is 1. The van der Waals surface area contributed by atoms with Gasteiger partial charge in [-0.15, -0.1) is 0 Å². The molecule has 0 radical (unpaired) electrons. The lowest BCUT2D eigenvalue weighted by molar-refractivity contribution is -0.109. The number of carbonyl (C=O) groups excluding carboxylic acids is 1. The van der Waals surface area contributed by atoms with Crippen molar-refractivity contribution in [3.63, 3.8) is 0 Å². The predicted molar refractivity (Wildman–Crippen MR) is 64.9 cm³/mol. The van der Waals surface area contributed by atoms with Crippen LogP contribution in [0.15, 0.2) is 24.4 Å². The van der Waals surface area contributed by atoms with Crippen LogP contribution in [0.4, 0.5) is 0 Å². The quantitative estimate of drug-likeness (QED) is 0.731. The van der Waals surface area contributed by atoms with Gasteiger partial charge in [0.2, 0.25) is 0 Å². The number of aromatic nitrogens is 1. The van der Waals surface area contributed by atoms with Crippen LogP contribution >= 0.6 is 11.6 Å². The first-order valence-electron chi connectivity index (χ1n) is 5.38. The molecule has 3 rings (SSSR count). The van der Waals surface area contributed by atoms with Crippen molar-refractivity contribution in [1.29, 1.82) is 0 Å². The number of aryl methyl sites for hydroxylation is 1. The molecule has 0 N–H and O–H groups in total. The molecule has 0 saturated heterocycles. The molecular weight excluding hydrogens is 222 g/mol. The van der Waals surface area contributed by atoms with Crippen molar-refractivity contribution in [3.05, 3.63) is 35.0 Å². The van der Waals surface area contributed by atoms with Gasteiger partial charge < -0.3 is 9.36 Å². The lowest BCUT2D eigenvalue weighted by atomic mass is 9.97. The standard InChI is InChI=1S/C13H12ClNO/c1-15-7-11(13(8-16)4-5-13)10-3-2-9(14)6-12(10)15/h2-3,6-8H,4-5H2,1H3. The molecule has 0 spiro atoms. The van der Waals surface area contributed by atoms with Gasteiger partial charge in [0.1, 0.15) is 6.29 Å². The van der Waals surface area contributed by atoms with Crippen LogP contribution in [-0.4, -0.2) is 10.9 Å². The van der Waals surface area contributed by atoms with Crippen molar-refractivity contribution < 1.29 is 4.79 Å². The van der Waals surface area contributed by atoms with Crippen LogP contribution in [0.3, 0.4) is 0 Å². The van der Waals surface area contributed by atoms with E-state index >= 15 is 0 Å². The van der Waals surface area contributed by atoms with Crippen molar-refractivity contribution >= 4 is 28.8 Å². The molecule has 0 amide bonds. The molecule has 82 valence electrons. The number of benzene rings is 1. The topological polar surface area (TPSA) is 22.0 Å². The number of carbonyl (C=O) groups is 1. The number of fused-ring (bicyclic) bond motifs is 1. The molecule has 0 atom stereocenters. The second-order valence-electron chi connectivity index (χ2n) is 4.59. The summed E-state index contributed by atoms with van der Waals surface area (Å²) in [6.07, 6.45) is 5.09. The fourth-order valence-corrected chi connectivity index (χ4v) is 2.51. The smallest absolute Gasteiger partial charge is 0.130 e. The summed E-state index contributed by atoms with van der Waals surface area (Å²) in [5.74, 6) is 0. The third-order valence-corrected chi connectivity index (χ3v) is 3.74. The zero-order valence-corrected chi connectivity index (χ0v) is 9.79. The van der Waals surface area contributed by atoms with E-state index in [0.29, 0.717) is 0 Å². The highest BCUT2D eigenvalue weighted by Crippen LogP contribution is 2.49. The van der Waals surface area contributed by atoms with E-state index in [2.05, 4.69) is 6.20 Å². The minimum atomic E-state index is -0.215. The van der Waals surface area contributed by atoms with Crippen molar-refractivity contribution in [1.82, 2.24) is 4.57 Å². The third-order valence-electron chi connectivity index (χ3n) is 3.50. The molecule has 1 aliphatic rings. The lowest BCUT2D eigenvalue weighted by Gasteiger charge is -2.04. The first-order valence-corrected chi connectivity index (χ1v) is 5.75. The van der Waals surface area contributed by atoms with Gasteiger partial charge in [-0.05, 0) is 30.5 Å². The molecule has 1 heterocycles. The second-order valence-corrected chi connectivity index (χ2v) is 5.03. The highest BCUT2D eigenvalue weighted by Gasteiger charge is 2.45. The molecule has 2 nitrogen and oxygen atoms in total. The maximum absolute atomic E-state index is 11.2. The number of hydrogen-bond acceptors (Lipinski definition) is 1. The van der Waals surface area contributed by atoms with Crippen LogP contribution in [0.2, 0.25) is 5.02 Å². The summed E-state index contributed by atoms with van der Waals surface area (Å²) in [7, 11) is 1.99. The number of aldehydes is 1. The van der Waals surface area contributed by atoms with E-state index in [1.807, 2.05) is 29.8 Å². The summed E-state index contributed by atoms with van der Waals surface area (Å²) < 4.78 is 2.04. The monoisotopic (exact) mass is 233 g/mol. The molecular formula is C13H12ClNO. The van der Waals surface area contributed by atoms with E-state index in [0.717, 1.165) is 40.6 Å². The maximum atomic E-state index is 11.2. The van der Waals surface area contributed by atoms with Crippen molar-refractivity contribution in [3.8, 4) is 0 Å². The number of halogens is 1. The Balaban J connectivity index is 2.31. The molecule has 1 aromatic heterocycles. The summed E-state index contributed by atoms with van der Waals surface area (Å²) in [5.41, 5.74) is 2.03. The third kappa shape index (κ3) is 1.23. The van der Waals surface area contributed by atoms with E-state index in [1.165, 1.54) is 0 Å². The normalized spacial score (nSPS) is 17.6. The molecule has 1 saturated carbocycles. The van der Waals surface area contributed by atoms with Gasteiger partial charge in [0, 0.05) is 29.2 Å². The van der Waals surface area contributed by atoms with Crippen LogP contribution in [0.1, 0.15) is 18.4 Å². The summed E-state index contributed by atoms with van der Waals surface area (Å²) in [4.78, 5) is 11.2. The number of rotatable bonds is 2. The van der Waals surface area contributed by atoms with Gasteiger partial charge in [-0.2, -0.15) is 0 Å². The first-order chi connectivity index (χ1) is 7.66. The summed E-state index contributed by atoms with van der Waals surface area (Å²) in [6.45, 7) is 0. The minimum absolute atomic E-state index is 0.215. The van der Waals surface area contributed by atoms with E-state index in [9.17, 15) is 4.79 Å². The maximum Gasteiger partial charge on any atom is 0.130 e. The van der Waals surface area contributed by atoms with Crippen LogP contribution in [-0.2, 0) is 17.3 Å². The van der Waals surface area contributed by atoms with Crippen molar-refractivity contribution in [2.75, 3.05) is 0 Å². The van der Waals surface area contributed by atoms with E-state index in [-0.39, 0.29) is 5.41 Å². The fourth-order valence-electron chi connectivity index (χ4n) is 2.34. The Labute approximate surface area is 98.8 Å². The highest BCUT2D eigenvalue weighted by atomic mass is 35.5. The predicted octanol–water partition coefficient (Wildman–Crippen LogP) is 3.06. The van der Waals surface area contributed by atoms with Gasteiger partial charge >= 0.3 is 0 Å². The second kappa shape index (κ2) is 3.11. The van der Waals surface area contributed by atoms with Crippen LogP contribution < -0.4 is 0 Å². The zero-order chi connectivity index (χ0) is 11.3. The number of hydrogen-bond donors (Lipinski definition) is 0. The van der Waals surface area contributed by atoms with E-state index in [1.54, 1.807) is 0 Å². The molecule has 0 unspecified atom stereocenters. The van der Waals surface area contributed by atoms with Crippen LogP contribution in [0, 0.1) is 0 Å². The first kappa shape index (κ1) is 9.91. The molecule has 1 fully saturated rings. The summed E-state index contributed by atoms with van der Waals surface area (Å²) >= 11 is 5.98. The van der Waals surface area contributed by atoms with Crippen molar-refractivity contribution in [2.45, 2.75) is 18.3 Å². The Morgan fingerprint density at radius 2 is 2.19 bits per heavy atom. The van der Waals surface area contributed by atoms with Gasteiger partial charge in [-0.3, -0.25) is 0 Å². The Hall–Kier alpha value is -1.28. The average Bonchev–Trinajstić information content (AvgIpc) is 3.01. The molecule has 16 heavy (non-hydrogen) atoms. The molecule has 0 bridgehead atoms. The van der Waals surface area contributed by atoms with E-state index in [4.69, 9.17) is 11.6 Å². The van der Waals surface area contributed by atoms with Gasteiger partial charge in [0.05, 0.1) is 5.41 Å². The minimum Gasteiger partial charge on any atom is -0.350 e. The fraction of sp³-hybridized carbons (Fsp3) is 0.308. The van der Waals surface area contributed by atoms with E-state index < -0.39 is 0 Å². The van der Waals surface area contributed by atoms with Crippen molar-refractivity contribution in [2.24, 2.45) is 7.05 Å². The van der Waals surface area contributed by atoms with Gasteiger partial charge in [-0.1, -0.05) is 17.7 Å². The van der Waals surface area contributed by atoms with Gasteiger partial charge in [-0.25, -0.2) is 0 Å². The zero-order valence-electron chi connectivity index (χ0n) is 9.03. The van der Waals surface area contributed by atoms with Crippen LogP contribution in [0.5, 0.6) is 0 Å². The Kier molecular flexibility index (Phi) is 1.93.